The molecule has 0 spiro atoms. The summed E-state index contributed by atoms with van der Waals surface area (Å²) in [6, 6.07) is 34.0. The standard InChI is InChI=1S/C28H20N2/c1-2-8-28(24-15-11-22(12-16-24)26-6-4-18-30-20-26)27(7-1)23-13-9-21(10-14-23)25-5-3-17-29-19-25/h1-20H. The Hall–Kier alpha value is -4.04. The van der Waals surface area contributed by atoms with Crippen molar-refractivity contribution in [1.82, 2.24) is 9.97 Å². The maximum atomic E-state index is 4.22. The Labute approximate surface area is 176 Å². The van der Waals surface area contributed by atoms with Crippen LogP contribution in [0.4, 0.5) is 0 Å². The third kappa shape index (κ3) is 3.63. The van der Waals surface area contributed by atoms with Gasteiger partial charge in [0.25, 0.3) is 0 Å². The first-order chi connectivity index (χ1) is 14.9. The first-order valence-corrected chi connectivity index (χ1v) is 9.99. The van der Waals surface area contributed by atoms with Gasteiger partial charge in [0.05, 0.1) is 0 Å². The molecule has 0 saturated carbocycles. The number of aromatic nitrogens is 2. The van der Waals surface area contributed by atoms with Gasteiger partial charge in [-0.3, -0.25) is 9.97 Å². The molecule has 0 saturated heterocycles. The van der Waals surface area contributed by atoms with E-state index >= 15 is 0 Å². The summed E-state index contributed by atoms with van der Waals surface area (Å²) in [5.74, 6) is 0. The second kappa shape index (κ2) is 8.14. The largest absolute Gasteiger partial charge is 0.264 e. The fourth-order valence-corrected chi connectivity index (χ4v) is 3.74. The molecule has 0 aliphatic rings. The minimum atomic E-state index is 1.13. The van der Waals surface area contributed by atoms with E-state index in [-0.39, 0.29) is 0 Å². The molecule has 0 unspecified atom stereocenters. The smallest absolute Gasteiger partial charge is 0.0346 e. The highest BCUT2D eigenvalue weighted by Crippen LogP contribution is 2.34. The van der Waals surface area contributed by atoms with Crippen molar-refractivity contribution in [3.05, 3.63) is 122 Å². The van der Waals surface area contributed by atoms with Crippen LogP contribution < -0.4 is 0 Å². The zero-order chi connectivity index (χ0) is 20.2. The highest BCUT2D eigenvalue weighted by molar-refractivity contribution is 5.85. The summed E-state index contributed by atoms with van der Waals surface area (Å²) in [6.07, 6.45) is 7.39. The van der Waals surface area contributed by atoms with Crippen LogP contribution in [0.3, 0.4) is 0 Å². The van der Waals surface area contributed by atoms with Gasteiger partial charge in [0, 0.05) is 24.8 Å². The first-order valence-electron chi connectivity index (χ1n) is 9.99. The van der Waals surface area contributed by atoms with E-state index in [1.54, 1.807) is 12.4 Å². The molecule has 0 aliphatic carbocycles. The average molecular weight is 384 g/mol. The van der Waals surface area contributed by atoms with Crippen molar-refractivity contribution in [2.45, 2.75) is 0 Å². The van der Waals surface area contributed by atoms with E-state index in [9.17, 15) is 0 Å². The Bertz CT molecular complexity index is 1140. The van der Waals surface area contributed by atoms with Gasteiger partial charge in [0.2, 0.25) is 0 Å². The van der Waals surface area contributed by atoms with E-state index in [1.807, 2.05) is 24.5 Å². The second-order valence-electron chi connectivity index (χ2n) is 7.18. The molecule has 0 amide bonds. The van der Waals surface area contributed by atoms with Crippen molar-refractivity contribution < 1.29 is 0 Å². The van der Waals surface area contributed by atoms with Gasteiger partial charge in [-0.05, 0) is 56.6 Å². The third-order valence-corrected chi connectivity index (χ3v) is 5.31. The van der Waals surface area contributed by atoms with E-state index in [2.05, 4.69) is 94.9 Å². The number of benzene rings is 3. The van der Waals surface area contributed by atoms with Crippen LogP contribution in [-0.2, 0) is 0 Å². The van der Waals surface area contributed by atoms with Gasteiger partial charge >= 0.3 is 0 Å². The normalized spacial score (nSPS) is 10.7. The lowest BCUT2D eigenvalue weighted by Crippen LogP contribution is -1.86. The number of hydrogen-bond acceptors (Lipinski definition) is 2. The van der Waals surface area contributed by atoms with E-state index in [0.717, 1.165) is 11.1 Å². The van der Waals surface area contributed by atoms with Crippen LogP contribution in [0.1, 0.15) is 0 Å². The summed E-state index contributed by atoms with van der Waals surface area (Å²) in [4.78, 5) is 8.44. The van der Waals surface area contributed by atoms with Crippen LogP contribution in [0, 0.1) is 0 Å². The quantitative estimate of drug-likeness (QED) is 0.329. The predicted octanol–water partition coefficient (Wildman–Crippen LogP) is 7.14. The summed E-state index contributed by atoms with van der Waals surface area (Å²) in [6.45, 7) is 0. The highest BCUT2D eigenvalue weighted by Gasteiger charge is 2.08. The topological polar surface area (TPSA) is 25.8 Å². The Balaban J connectivity index is 1.49. The Morgan fingerprint density at radius 3 is 1.10 bits per heavy atom. The molecule has 2 heterocycles. The van der Waals surface area contributed by atoms with Crippen molar-refractivity contribution in [2.24, 2.45) is 0 Å². The molecule has 0 radical (unpaired) electrons. The molecule has 0 atom stereocenters. The lowest BCUT2D eigenvalue weighted by atomic mass is 9.92. The minimum absolute atomic E-state index is 1.13. The molecule has 5 aromatic rings. The Kier molecular flexibility index (Phi) is 4.89. The maximum absolute atomic E-state index is 4.22. The third-order valence-electron chi connectivity index (χ3n) is 5.31. The van der Waals surface area contributed by atoms with E-state index in [0.29, 0.717) is 0 Å². The number of hydrogen-bond donors (Lipinski definition) is 0. The van der Waals surface area contributed by atoms with Crippen molar-refractivity contribution >= 4 is 0 Å². The predicted molar refractivity (Wildman–Crippen MR) is 124 cm³/mol. The van der Waals surface area contributed by atoms with Gasteiger partial charge in [-0.25, -0.2) is 0 Å². The van der Waals surface area contributed by atoms with Crippen LogP contribution in [0.15, 0.2) is 122 Å². The molecule has 30 heavy (non-hydrogen) atoms. The van der Waals surface area contributed by atoms with Gasteiger partial charge in [0.1, 0.15) is 0 Å². The number of nitrogens with zero attached hydrogens (tertiary/aromatic N) is 2. The molecule has 0 fully saturated rings. The molecule has 5 rings (SSSR count). The van der Waals surface area contributed by atoms with Crippen LogP contribution >= 0.6 is 0 Å². The van der Waals surface area contributed by atoms with Gasteiger partial charge in [-0.15, -0.1) is 0 Å². The van der Waals surface area contributed by atoms with Gasteiger partial charge in [-0.2, -0.15) is 0 Å². The molecule has 2 heteroatoms. The average Bonchev–Trinajstić information content (AvgIpc) is 2.85. The summed E-state index contributed by atoms with van der Waals surface area (Å²) in [7, 11) is 0. The number of rotatable bonds is 4. The Morgan fingerprint density at radius 1 is 0.333 bits per heavy atom. The second-order valence-corrected chi connectivity index (χ2v) is 7.18. The molecule has 2 aromatic heterocycles. The Morgan fingerprint density at radius 2 is 0.733 bits per heavy atom. The summed E-state index contributed by atoms with van der Waals surface area (Å²) >= 11 is 0. The monoisotopic (exact) mass is 384 g/mol. The lowest BCUT2D eigenvalue weighted by Gasteiger charge is -2.12. The summed E-state index contributed by atoms with van der Waals surface area (Å²) in [5.41, 5.74) is 9.46. The van der Waals surface area contributed by atoms with E-state index in [4.69, 9.17) is 0 Å². The maximum Gasteiger partial charge on any atom is 0.0346 e. The van der Waals surface area contributed by atoms with Gasteiger partial charge < -0.3 is 0 Å². The lowest BCUT2D eigenvalue weighted by molar-refractivity contribution is 1.33. The number of pyridine rings is 2. The molecule has 142 valence electrons. The van der Waals surface area contributed by atoms with Crippen LogP contribution in [0.5, 0.6) is 0 Å². The van der Waals surface area contributed by atoms with Crippen LogP contribution in [0.2, 0.25) is 0 Å². The molecular formula is C28H20N2. The fraction of sp³-hybridized carbons (Fsp3) is 0. The fourth-order valence-electron chi connectivity index (χ4n) is 3.74. The van der Waals surface area contributed by atoms with Crippen molar-refractivity contribution in [1.29, 1.82) is 0 Å². The molecule has 2 nitrogen and oxygen atoms in total. The molecule has 0 bridgehead atoms. The SMILES string of the molecule is c1cncc(-c2ccc(-c3ccccc3-c3ccc(-c4cccnc4)cc3)cc2)c1. The van der Waals surface area contributed by atoms with E-state index in [1.165, 1.54) is 33.4 Å². The van der Waals surface area contributed by atoms with Gasteiger partial charge in [-0.1, -0.05) is 84.9 Å². The zero-order valence-corrected chi connectivity index (χ0v) is 16.4. The minimum Gasteiger partial charge on any atom is -0.264 e. The first kappa shape index (κ1) is 18.0. The van der Waals surface area contributed by atoms with Crippen molar-refractivity contribution in [3.8, 4) is 44.5 Å². The summed E-state index contributed by atoms with van der Waals surface area (Å²) < 4.78 is 0. The molecule has 0 aliphatic heterocycles. The van der Waals surface area contributed by atoms with Gasteiger partial charge in [0.15, 0.2) is 0 Å². The summed E-state index contributed by atoms with van der Waals surface area (Å²) in [5, 5.41) is 0. The van der Waals surface area contributed by atoms with E-state index < -0.39 is 0 Å². The molecule has 3 aromatic carbocycles. The van der Waals surface area contributed by atoms with Crippen LogP contribution in [-0.4, -0.2) is 9.97 Å². The molecular weight excluding hydrogens is 364 g/mol. The van der Waals surface area contributed by atoms with Crippen molar-refractivity contribution in [2.75, 3.05) is 0 Å². The molecule has 0 N–H and O–H groups in total. The van der Waals surface area contributed by atoms with Crippen molar-refractivity contribution in [3.63, 3.8) is 0 Å². The van der Waals surface area contributed by atoms with Crippen LogP contribution in [0.25, 0.3) is 44.5 Å². The zero-order valence-electron chi connectivity index (χ0n) is 16.4. The highest BCUT2D eigenvalue weighted by atomic mass is 14.6.